The van der Waals surface area contributed by atoms with Gasteiger partial charge in [0.2, 0.25) is 0 Å². The van der Waals surface area contributed by atoms with Gasteiger partial charge in [0, 0.05) is 0 Å². The van der Waals surface area contributed by atoms with Gasteiger partial charge in [0.25, 0.3) is 0 Å². The molecular weight excluding hydrogens is 220 g/mol. The molecule has 0 rings (SSSR count). The summed E-state index contributed by atoms with van der Waals surface area (Å²) in [6.07, 6.45) is 3.06. The van der Waals surface area contributed by atoms with Gasteiger partial charge in [-0.15, -0.1) is 0 Å². The lowest BCUT2D eigenvalue weighted by atomic mass is 9.98. The lowest BCUT2D eigenvalue weighted by Gasteiger charge is -2.19. The van der Waals surface area contributed by atoms with Crippen LogP contribution < -0.4 is 0 Å². The summed E-state index contributed by atoms with van der Waals surface area (Å²) in [5, 5.41) is 8.97. The van der Waals surface area contributed by atoms with Crippen LogP contribution in [-0.4, -0.2) is 23.7 Å². The fourth-order valence-electron chi connectivity index (χ4n) is 1.33. The SMILES string of the molecule is CCCCCC(C(=O)O)C(=O)OCC(C)(C)C. The Morgan fingerprint density at radius 3 is 2.24 bits per heavy atom. The molecule has 4 heteroatoms. The zero-order valence-electron chi connectivity index (χ0n) is 11.3. The van der Waals surface area contributed by atoms with E-state index in [2.05, 4.69) is 0 Å². The van der Waals surface area contributed by atoms with Crippen molar-refractivity contribution in [2.24, 2.45) is 11.3 Å². The van der Waals surface area contributed by atoms with E-state index in [1.165, 1.54) is 0 Å². The highest BCUT2D eigenvalue weighted by Gasteiger charge is 2.28. The van der Waals surface area contributed by atoms with Crippen LogP contribution in [-0.2, 0) is 14.3 Å². The molecule has 100 valence electrons. The monoisotopic (exact) mass is 244 g/mol. The summed E-state index contributed by atoms with van der Waals surface area (Å²) in [6, 6.07) is 0. The fourth-order valence-corrected chi connectivity index (χ4v) is 1.33. The van der Waals surface area contributed by atoms with Gasteiger partial charge in [0.15, 0.2) is 5.92 Å². The second-order valence-corrected chi connectivity index (χ2v) is 5.55. The number of ether oxygens (including phenoxy) is 1. The molecule has 4 nitrogen and oxygen atoms in total. The lowest BCUT2D eigenvalue weighted by molar-refractivity contribution is -0.160. The average molecular weight is 244 g/mol. The van der Waals surface area contributed by atoms with Gasteiger partial charge in [0.1, 0.15) is 0 Å². The highest BCUT2D eigenvalue weighted by Crippen LogP contribution is 2.17. The molecule has 1 unspecified atom stereocenters. The standard InChI is InChI=1S/C13H24O4/c1-5-6-7-8-10(11(14)15)12(16)17-9-13(2,3)4/h10H,5-9H2,1-4H3,(H,14,15). The molecule has 0 spiro atoms. The Hall–Kier alpha value is -1.06. The summed E-state index contributed by atoms with van der Waals surface area (Å²) in [6.45, 7) is 8.10. The lowest BCUT2D eigenvalue weighted by Crippen LogP contribution is -2.28. The molecule has 0 aromatic carbocycles. The summed E-state index contributed by atoms with van der Waals surface area (Å²) in [5.41, 5.74) is -0.137. The molecule has 1 atom stereocenters. The normalized spacial score (nSPS) is 13.2. The van der Waals surface area contributed by atoms with Crippen LogP contribution in [0.4, 0.5) is 0 Å². The second kappa shape index (κ2) is 7.30. The van der Waals surface area contributed by atoms with Crippen molar-refractivity contribution >= 4 is 11.9 Å². The Balaban J connectivity index is 4.20. The number of carbonyl (C=O) groups excluding carboxylic acids is 1. The van der Waals surface area contributed by atoms with Gasteiger partial charge in [-0.2, -0.15) is 0 Å². The minimum absolute atomic E-state index is 0.137. The van der Waals surface area contributed by atoms with Crippen LogP contribution in [0.1, 0.15) is 53.4 Å². The third kappa shape index (κ3) is 7.77. The predicted molar refractivity (Wildman–Crippen MR) is 65.7 cm³/mol. The van der Waals surface area contributed by atoms with Gasteiger partial charge in [-0.25, -0.2) is 0 Å². The maximum atomic E-state index is 11.6. The molecule has 1 N–H and O–H groups in total. The Kier molecular flexibility index (Phi) is 6.85. The molecule has 17 heavy (non-hydrogen) atoms. The molecule has 0 radical (unpaired) electrons. The van der Waals surface area contributed by atoms with E-state index in [0.717, 1.165) is 19.3 Å². The summed E-state index contributed by atoms with van der Waals surface area (Å²) < 4.78 is 5.04. The quantitative estimate of drug-likeness (QED) is 0.425. The molecule has 0 saturated carbocycles. The zero-order valence-corrected chi connectivity index (χ0v) is 11.3. The van der Waals surface area contributed by atoms with Crippen LogP contribution >= 0.6 is 0 Å². The first-order valence-electron chi connectivity index (χ1n) is 6.17. The van der Waals surface area contributed by atoms with E-state index in [1.54, 1.807) is 0 Å². The molecule has 0 aliphatic carbocycles. The highest BCUT2D eigenvalue weighted by molar-refractivity contribution is 5.93. The van der Waals surface area contributed by atoms with E-state index in [1.807, 2.05) is 27.7 Å². The van der Waals surface area contributed by atoms with Crippen molar-refractivity contribution in [2.45, 2.75) is 53.4 Å². The predicted octanol–water partition coefficient (Wildman–Crippen LogP) is 2.86. The van der Waals surface area contributed by atoms with Crippen LogP contribution in [0.5, 0.6) is 0 Å². The Labute approximate surface area is 103 Å². The minimum atomic E-state index is -1.08. The van der Waals surface area contributed by atoms with Gasteiger partial charge in [-0.1, -0.05) is 47.0 Å². The Morgan fingerprint density at radius 1 is 1.24 bits per heavy atom. The topological polar surface area (TPSA) is 63.6 Å². The first-order chi connectivity index (χ1) is 7.78. The van der Waals surface area contributed by atoms with Crippen LogP contribution in [0, 0.1) is 11.3 Å². The average Bonchev–Trinajstić information content (AvgIpc) is 2.19. The van der Waals surface area contributed by atoms with Crippen LogP contribution in [0.3, 0.4) is 0 Å². The van der Waals surface area contributed by atoms with Gasteiger partial charge in [0.05, 0.1) is 6.61 Å². The smallest absolute Gasteiger partial charge is 0.320 e. The number of hydrogen-bond acceptors (Lipinski definition) is 3. The first-order valence-corrected chi connectivity index (χ1v) is 6.17. The highest BCUT2D eigenvalue weighted by atomic mass is 16.5. The Morgan fingerprint density at radius 2 is 1.82 bits per heavy atom. The molecule has 0 aromatic heterocycles. The molecule has 0 bridgehead atoms. The van der Waals surface area contributed by atoms with Crippen molar-refractivity contribution in [3.8, 4) is 0 Å². The second-order valence-electron chi connectivity index (χ2n) is 5.55. The van der Waals surface area contributed by atoms with Crippen LogP contribution in [0.25, 0.3) is 0 Å². The number of carboxylic acid groups (broad SMARTS) is 1. The third-order valence-corrected chi connectivity index (χ3v) is 2.33. The molecule has 0 aliphatic rings. The molecule has 0 saturated heterocycles. The van der Waals surface area contributed by atoms with Gasteiger partial charge < -0.3 is 9.84 Å². The van der Waals surface area contributed by atoms with Crippen LogP contribution in [0.2, 0.25) is 0 Å². The van der Waals surface area contributed by atoms with Gasteiger partial charge >= 0.3 is 11.9 Å². The molecular formula is C13H24O4. The minimum Gasteiger partial charge on any atom is -0.481 e. The summed E-state index contributed by atoms with van der Waals surface area (Å²) >= 11 is 0. The van der Waals surface area contributed by atoms with Crippen molar-refractivity contribution < 1.29 is 19.4 Å². The van der Waals surface area contributed by atoms with E-state index in [4.69, 9.17) is 9.84 Å². The number of hydrogen-bond donors (Lipinski definition) is 1. The number of rotatable bonds is 7. The molecule has 0 aromatic rings. The van der Waals surface area contributed by atoms with E-state index in [-0.39, 0.29) is 12.0 Å². The third-order valence-electron chi connectivity index (χ3n) is 2.33. The van der Waals surface area contributed by atoms with Crippen LogP contribution in [0.15, 0.2) is 0 Å². The first kappa shape index (κ1) is 15.9. The maximum absolute atomic E-state index is 11.6. The maximum Gasteiger partial charge on any atom is 0.320 e. The van der Waals surface area contributed by atoms with E-state index in [9.17, 15) is 9.59 Å². The molecule has 0 heterocycles. The Bertz CT molecular complexity index is 253. The van der Waals surface area contributed by atoms with Crippen molar-refractivity contribution in [3.05, 3.63) is 0 Å². The van der Waals surface area contributed by atoms with Gasteiger partial charge in [-0.05, 0) is 11.8 Å². The van der Waals surface area contributed by atoms with Crippen molar-refractivity contribution in [1.29, 1.82) is 0 Å². The molecule has 0 amide bonds. The van der Waals surface area contributed by atoms with E-state index in [0.29, 0.717) is 6.42 Å². The van der Waals surface area contributed by atoms with Crippen molar-refractivity contribution in [2.75, 3.05) is 6.61 Å². The zero-order chi connectivity index (χ0) is 13.5. The molecule has 0 aliphatic heterocycles. The number of esters is 1. The van der Waals surface area contributed by atoms with E-state index >= 15 is 0 Å². The summed E-state index contributed by atoms with van der Waals surface area (Å²) in [5.74, 6) is -2.70. The molecule has 0 fully saturated rings. The number of carboxylic acids is 1. The number of aliphatic carboxylic acids is 1. The van der Waals surface area contributed by atoms with Crippen molar-refractivity contribution in [1.82, 2.24) is 0 Å². The fraction of sp³-hybridized carbons (Fsp3) is 0.846. The number of unbranched alkanes of at least 4 members (excludes halogenated alkanes) is 2. The largest absolute Gasteiger partial charge is 0.481 e. The van der Waals surface area contributed by atoms with Gasteiger partial charge in [-0.3, -0.25) is 9.59 Å². The summed E-state index contributed by atoms with van der Waals surface area (Å²) in [7, 11) is 0. The summed E-state index contributed by atoms with van der Waals surface area (Å²) in [4.78, 5) is 22.6. The van der Waals surface area contributed by atoms with E-state index < -0.39 is 17.9 Å². The van der Waals surface area contributed by atoms with Crippen molar-refractivity contribution in [3.63, 3.8) is 0 Å². The number of carbonyl (C=O) groups is 2.